The maximum absolute atomic E-state index is 10.5. The lowest BCUT2D eigenvalue weighted by Crippen LogP contribution is -1.86. The van der Waals surface area contributed by atoms with Gasteiger partial charge in [-0.05, 0) is 13.0 Å². The summed E-state index contributed by atoms with van der Waals surface area (Å²) in [4.78, 5) is 10.5. The second-order valence-electron chi connectivity index (χ2n) is 3.34. The van der Waals surface area contributed by atoms with Gasteiger partial charge in [0, 0.05) is 17.4 Å². The van der Waals surface area contributed by atoms with Crippen molar-refractivity contribution >= 4 is 17.3 Å². The van der Waals surface area contributed by atoms with Gasteiger partial charge in [-0.15, -0.1) is 0 Å². The standard InChI is InChI=1S/C12H12O3/c1-8-9(6-7-13)10-4-3-5-11(14-2)12(10)15-8/h3-5,7H,6H2,1-2H3. The van der Waals surface area contributed by atoms with Crippen molar-refractivity contribution in [3.8, 4) is 5.75 Å². The van der Waals surface area contributed by atoms with Gasteiger partial charge in [-0.25, -0.2) is 0 Å². The van der Waals surface area contributed by atoms with E-state index in [0.717, 1.165) is 23.0 Å². The zero-order valence-electron chi connectivity index (χ0n) is 8.74. The van der Waals surface area contributed by atoms with Crippen LogP contribution in [0.4, 0.5) is 0 Å². The number of hydrogen-bond acceptors (Lipinski definition) is 3. The van der Waals surface area contributed by atoms with Crippen LogP contribution in [-0.2, 0) is 11.2 Å². The zero-order chi connectivity index (χ0) is 10.8. The third kappa shape index (κ3) is 1.50. The van der Waals surface area contributed by atoms with Gasteiger partial charge in [0.1, 0.15) is 12.0 Å². The lowest BCUT2D eigenvalue weighted by molar-refractivity contribution is -0.107. The van der Waals surface area contributed by atoms with E-state index in [0.29, 0.717) is 17.8 Å². The van der Waals surface area contributed by atoms with Gasteiger partial charge in [0.15, 0.2) is 11.3 Å². The number of aryl methyl sites for hydroxylation is 1. The second-order valence-corrected chi connectivity index (χ2v) is 3.34. The molecule has 2 aromatic rings. The normalized spacial score (nSPS) is 10.5. The van der Waals surface area contributed by atoms with Gasteiger partial charge < -0.3 is 13.9 Å². The predicted molar refractivity (Wildman–Crippen MR) is 57.3 cm³/mol. The van der Waals surface area contributed by atoms with Gasteiger partial charge in [-0.2, -0.15) is 0 Å². The van der Waals surface area contributed by atoms with Crippen molar-refractivity contribution in [3.05, 3.63) is 29.5 Å². The first-order chi connectivity index (χ1) is 7.27. The van der Waals surface area contributed by atoms with Crippen molar-refractivity contribution in [3.63, 3.8) is 0 Å². The fourth-order valence-electron chi connectivity index (χ4n) is 1.76. The van der Waals surface area contributed by atoms with Gasteiger partial charge in [0.2, 0.25) is 0 Å². The predicted octanol–water partition coefficient (Wildman–Crippen LogP) is 2.49. The Morgan fingerprint density at radius 3 is 2.93 bits per heavy atom. The smallest absolute Gasteiger partial charge is 0.176 e. The number of furan rings is 1. The van der Waals surface area contributed by atoms with E-state index in [1.807, 2.05) is 25.1 Å². The number of aldehydes is 1. The number of carbonyl (C=O) groups is 1. The summed E-state index contributed by atoms with van der Waals surface area (Å²) in [5.41, 5.74) is 1.66. The largest absolute Gasteiger partial charge is 0.493 e. The average Bonchev–Trinajstić information content (AvgIpc) is 2.56. The minimum absolute atomic E-state index is 0.381. The molecule has 0 aliphatic rings. The molecule has 0 unspecified atom stereocenters. The maximum atomic E-state index is 10.5. The van der Waals surface area contributed by atoms with Gasteiger partial charge in [0.25, 0.3) is 0 Å². The quantitative estimate of drug-likeness (QED) is 0.721. The summed E-state index contributed by atoms with van der Waals surface area (Å²) in [5.74, 6) is 1.48. The van der Waals surface area contributed by atoms with Crippen molar-refractivity contribution in [1.82, 2.24) is 0 Å². The Hall–Kier alpha value is -1.77. The Labute approximate surface area is 87.6 Å². The number of hydrogen-bond donors (Lipinski definition) is 0. The molecular weight excluding hydrogens is 192 g/mol. The number of fused-ring (bicyclic) bond motifs is 1. The highest BCUT2D eigenvalue weighted by Gasteiger charge is 2.13. The van der Waals surface area contributed by atoms with Gasteiger partial charge in [-0.1, -0.05) is 12.1 Å². The van der Waals surface area contributed by atoms with Gasteiger partial charge in [0.05, 0.1) is 7.11 Å². The number of ether oxygens (including phenoxy) is 1. The molecule has 0 saturated carbocycles. The van der Waals surface area contributed by atoms with Crippen LogP contribution in [0, 0.1) is 6.92 Å². The molecule has 0 aliphatic heterocycles. The Kier molecular flexibility index (Phi) is 2.46. The van der Waals surface area contributed by atoms with Crippen molar-refractivity contribution in [1.29, 1.82) is 0 Å². The summed E-state index contributed by atoms with van der Waals surface area (Å²) in [5, 5.41) is 0.957. The first kappa shape index (κ1) is 9.77. The minimum atomic E-state index is 0.381. The van der Waals surface area contributed by atoms with Crippen LogP contribution in [0.2, 0.25) is 0 Å². The first-order valence-electron chi connectivity index (χ1n) is 4.76. The molecule has 3 nitrogen and oxygen atoms in total. The van der Waals surface area contributed by atoms with E-state index < -0.39 is 0 Å². The van der Waals surface area contributed by atoms with Crippen molar-refractivity contribution in [2.45, 2.75) is 13.3 Å². The van der Waals surface area contributed by atoms with Crippen molar-refractivity contribution in [2.24, 2.45) is 0 Å². The van der Waals surface area contributed by atoms with Crippen LogP contribution in [0.1, 0.15) is 11.3 Å². The van der Waals surface area contributed by atoms with Crippen molar-refractivity contribution in [2.75, 3.05) is 7.11 Å². The summed E-state index contributed by atoms with van der Waals surface area (Å²) in [7, 11) is 1.60. The molecule has 0 fully saturated rings. The Balaban J connectivity index is 2.72. The highest BCUT2D eigenvalue weighted by atomic mass is 16.5. The van der Waals surface area contributed by atoms with Crippen LogP contribution in [0.25, 0.3) is 11.0 Å². The Morgan fingerprint density at radius 1 is 1.47 bits per heavy atom. The summed E-state index contributed by atoms with van der Waals surface area (Å²) >= 11 is 0. The number of benzene rings is 1. The topological polar surface area (TPSA) is 39.4 Å². The molecule has 0 bridgehead atoms. The Bertz CT molecular complexity index is 497. The summed E-state index contributed by atoms with van der Waals surface area (Å²) in [6.45, 7) is 1.86. The molecule has 15 heavy (non-hydrogen) atoms. The van der Waals surface area contributed by atoms with Crippen molar-refractivity contribution < 1.29 is 13.9 Å². The second kappa shape index (κ2) is 3.77. The molecule has 78 valence electrons. The highest BCUT2D eigenvalue weighted by Crippen LogP contribution is 2.32. The van der Waals surface area contributed by atoms with E-state index in [1.165, 1.54) is 0 Å². The molecule has 1 aromatic carbocycles. The molecule has 3 heteroatoms. The summed E-state index contributed by atoms with van der Waals surface area (Å²) in [6, 6.07) is 5.67. The fourth-order valence-corrected chi connectivity index (χ4v) is 1.76. The number of para-hydroxylation sites is 1. The summed E-state index contributed by atoms with van der Waals surface area (Å²) in [6.07, 6.45) is 1.27. The molecule has 2 rings (SSSR count). The maximum Gasteiger partial charge on any atom is 0.176 e. The molecule has 0 N–H and O–H groups in total. The molecule has 0 atom stereocenters. The third-order valence-electron chi connectivity index (χ3n) is 2.49. The van der Waals surface area contributed by atoms with E-state index >= 15 is 0 Å². The average molecular weight is 204 g/mol. The first-order valence-corrected chi connectivity index (χ1v) is 4.76. The molecule has 0 aliphatic carbocycles. The molecule has 0 radical (unpaired) electrons. The number of rotatable bonds is 3. The van der Waals surface area contributed by atoms with E-state index in [2.05, 4.69) is 0 Å². The SMILES string of the molecule is COc1cccc2c(CC=O)c(C)oc12. The van der Waals surface area contributed by atoms with Crippen LogP contribution < -0.4 is 4.74 Å². The molecule has 0 spiro atoms. The lowest BCUT2D eigenvalue weighted by Gasteiger charge is -1.98. The van der Waals surface area contributed by atoms with Crippen LogP contribution in [0.3, 0.4) is 0 Å². The van der Waals surface area contributed by atoms with Crippen LogP contribution >= 0.6 is 0 Å². The third-order valence-corrected chi connectivity index (χ3v) is 2.49. The molecule has 1 aromatic heterocycles. The zero-order valence-corrected chi connectivity index (χ0v) is 8.74. The fraction of sp³-hybridized carbons (Fsp3) is 0.250. The number of carbonyl (C=O) groups excluding carboxylic acids is 1. The molecular formula is C12H12O3. The number of methoxy groups -OCH3 is 1. The van der Waals surface area contributed by atoms with Crippen LogP contribution in [0.5, 0.6) is 5.75 Å². The van der Waals surface area contributed by atoms with E-state index in [9.17, 15) is 4.79 Å². The minimum Gasteiger partial charge on any atom is -0.493 e. The molecule has 0 amide bonds. The lowest BCUT2D eigenvalue weighted by atomic mass is 10.1. The van der Waals surface area contributed by atoms with E-state index in [4.69, 9.17) is 9.15 Å². The Morgan fingerprint density at radius 2 is 2.27 bits per heavy atom. The van der Waals surface area contributed by atoms with Gasteiger partial charge in [-0.3, -0.25) is 0 Å². The van der Waals surface area contributed by atoms with E-state index in [-0.39, 0.29) is 0 Å². The summed E-state index contributed by atoms with van der Waals surface area (Å²) < 4.78 is 10.8. The van der Waals surface area contributed by atoms with Gasteiger partial charge >= 0.3 is 0 Å². The highest BCUT2D eigenvalue weighted by molar-refractivity contribution is 5.88. The van der Waals surface area contributed by atoms with Crippen LogP contribution in [0.15, 0.2) is 22.6 Å². The van der Waals surface area contributed by atoms with Crippen LogP contribution in [-0.4, -0.2) is 13.4 Å². The van der Waals surface area contributed by atoms with E-state index in [1.54, 1.807) is 7.11 Å². The monoisotopic (exact) mass is 204 g/mol. The molecule has 0 saturated heterocycles. The molecule has 1 heterocycles.